The summed E-state index contributed by atoms with van der Waals surface area (Å²) in [4.78, 5) is 46.3. The van der Waals surface area contributed by atoms with E-state index in [-0.39, 0.29) is 61.5 Å². The number of carbonyl (C=O) groups is 4. The molecule has 0 aromatic carbocycles. The molecular formula is C16H26N2O6. The zero-order valence-corrected chi connectivity index (χ0v) is 14.3. The Morgan fingerprint density at radius 1 is 0.833 bits per heavy atom. The van der Waals surface area contributed by atoms with E-state index < -0.39 is 0 Å². The fourth-order valence-electron chi connectivity index (χ4n) is 2.73. The highest BCUT2D eigenvalue weighted by atomic mass is 16.5. The largest absolute Gasteiger partial charge is 0.469 e. The Bertz CT molecular complexity index is 425. The van der Waals surface area contributed by atoms with Gasteiger partial charge >= 0.3 is 11.9 Å². The van der Waals surface area contributed by atoms with E-state index in [9.17, 15) is 19.2 Å². The summed E-state index contributed by atoms with van der Waals surface area (Å²) in [6.07, 6.45) is 3.00. The van der Waals surface area contributed by atoms with Gasteiger partial charge in [-0.2, -0.15) is 0 Å². The van der Waals surface area contributed by atoms with Crippen LogP contribution in [0.5, 0.6) is 0 Å². The fourth-order valence-corrected chi connectivity index (χ4v) is 2.73. The predicted molar refractivity (Wildman–Crippen MR) is 84.7 cm³/mol. The molecule has 1 aliphatic rings. The van der Waals surface area contributed by atoms with Gasteiger partial charge in [-0.1, -0.05) is 6.42 Å². The Morgan fingerprint density at radius 3 is 1.62 bits per heavy atom. The van der Waals surface area contributed by atoms with E-state index in [1.807, 2.05) is 0 Å². The molecule has 136 valence electrons. The lowest BCUT2D eigenvalue weighted by Gasteiger charge is -2.27. The first kappa shape index (κ1) is 19.9. The van der Waals surface area contributed by atoms with Gasteiger partial charge in [0.05, 0.1) is 27.1 Å². The Labute approximate surface area is 141 Å². The van der Waals surface area contributed by atoms with Gasteiger partial charge in [0.15, 0.2) is 0 Å². The van der Waals surface area contributed by atoms with Crippen molar-refractivity contribution in [3.63, 3.8) is 0 Å². The normalized spacial score (nSPS) is 19.9. The van der Waals surface area contributed by atoms with Crippen LogP contribution in [0.1, 0.15) is 38.5 Å². The van der Waals surface area contributed by atoms with Gasteiger partial charge in [-0.25, -0.2) is 0 Å². The third kappa shape index (κ3) is 6.97. The van der Waals surface area contributed by atoms with Crippen LogP contribution < -0.4 is 10.6 Å². The molecule has 0 spiro atoms. The van der Waals surface area contributed by atoms with Crippen LogP contribution >= 0.6 is 0 Å². The van der Waals surface area contributed by atoms with E-state index in [0.717, 1.165) is 19.3 Å². The van der Waals surface area contributed by atoms with Crippen LogP contribution in [0.3, 0.4) is 0 Å². The third-order valence-electron chi connectivity index (χ3n) is 4.13. The third-order valence-corrected chi connectivity index (χ3v) is 4.13. The molecule has 0 unspecified atom stereocenters. The molecule has 0 saturated heterocycles. The highest BCUT2D eigenvalue weighted by Crippen LogP contribution is 2.29. The first-order valence-corrected chi connectivity index (χ1v) is 8.17. The minimum Gasteiger partial charge on any atom is -0.469 e. The highest BCUT2D eigenvalue weighted by molar-refractivity contribution is 5.83. The second-order valence-corrected chi connectivity index (χ2v) is 5.79. The summed E-state index contributed by atoms with van der Waals surface area (Å²) in [5, 5.41) is 5.42. The molecule has 0 radical (unpaired) electrons. The lowest BCUT2D eigenvalue weighted by atomic mass is 9.80. The lowest BCUT2D eigenvalue weighted by molar-refractivity contribution is -0.141. The predicted octanol–water partition coefficient (Wildman–Crippen LogP) is 0.151. The summed E-state index contributed by atoms with van der Waals surface area (Å²) in [5.74, 6) is -1.47. The van der Waals surface area contributed by atoms with Crippen molar-refractivity contribution in [1.82, 2.24) is 10.6 Å². The van der Waals surface area contributed by atoms with Gasteiger partial charge in [-0.05, 0) is 19.3 Å². The van der Waals surface area contributed by atoms with Crippen LogP contribution in [-0.4, -0.2) is 51.1 Å². The maximum atomic E-state index is 12.1. The van der Waals surface area contributed by atoms with Crippen molar-refractivity contribution in [3.8, 4) is 0 Å². The number of ether oxygens (including phenoxy) is 2. The van der Waals surface area contributed by atoms with Crippen molar-refractivity contribution in [2.45, 2.75) is 38.5 Å². The number of esters is 2. The molecule has 1 saturated carbocycles. The number of methoxy groups -OCH3 is 2. The molecule has 0 heterocycles. The molecule has 1 fully saturated rings. The van der Waals surface area contributed by atoms with Gasteiger partial charge in [0.2, 0.25) is 11.8 Å². The number of hydrogen-bond donors (Lipinski definition) is 2. The summed E-state index contributed by atoms with van der Waals surface area (Å²) in [6, 6.07) is 0. The van der Waals surface area contributed by atoms with E-state index in [1.165, 1.54) is 14.2 Å². The summed E-state index contributed by atoms with van der Waals surface area (Å²) in [6.45, 7) is 0.468. The molecule has 24 heavy (non-hydrogen) atoms. The SMILES string of the molecule is COC(=O)CCNC(=O)[C@H]1CCC[C@H](C(=O)NCCC(=O)OC)C1. The van der Waals surface area contributed by atoms with Crippen molar-refractivity contribution in [1.29, 1.82) is 0 Å². The van der Waals surface area contributed by atoms with Gasteiger partial charge in [0, 0.05) is 24.9 Å². The summed E-state index contributed by atoms with van der Waals surface area (Å²) in [7, 11) is 2.60. The van der Waals surface area contributed by atoms with Crippen LogP contribution in [0.2, 0.25) is 0 Å². The van der Waals surface area contributed by atoms with E-state index in [2.05, 4.69) is 20.1 Å². The van der Waals surface area contributed by atoms with E-state index in [0.29, 0.717) is 6.42 Å². The summed E-state index contributed by atoms with van der Waals surface area (Å²) in [5.41, 5.74) is 0. The number of hydrogen-bond acceptors (Lipinski definition) is 6. The first-order chi connectivity index (χ1) is 11.5. The zero-order valence-electron chi connectivity index (χ0n) is 14.3. The smallest absolute Gasteiger partial charge is 0.307 e. The van der Waals surface area contributed by atoms with Crippen LogP contribution in [0.25, 0.3) is 0 Å². The van der Waals surface area contributed by atoms with Crippen LogP contribution in [0.15, 0.2) is 0 Å². The maximum Gasteiger partial charge on any atom is 0.307 e. The monoisotopic (exact) mass is 342 g/mol. The molecule has 0 aliphatic heterocycles. The summed E-state index contributed by atoms with van der Waals surface area (Å²) >= 11 is 0. The highest BCUT2D eigenvalue weighted by Gasteiger charge is 2.31. The van der Waals surface area contributed by atoms with Crippen molar-refractivity contribution in [2.24, 2.45) is 11.8 Å². The molecule has 2 amide bonds. The molecular weight excluding hydrogens is 316 g/mol. The molecule has 1 rings (SSSR count). The second kappa shape index (κ2) is 10.6. The standard InChI is InChI=1S/C16H26N2O6/c1-23-13(19)6-8-17-15(21)11-4-3-5-12(10-11)16(22)18-9-7-14(20)24-2/h11-12H,3-10H2,1-2H3,(H,17,21)(H,18,22)/t11-,12-/m0/s1. The molecule has 0 bridgehead atoms. The van der Waals surface area contributed by atoms with Crippen molar-refractivity contribution in [2.75, 3.05) is 27.3 Å². The first-order valence-electron chi connectivity index (χ1n) is 8.17. The number of amides is 2. The van der Waals surface area contributed by atoms with Crippen molar-refractivity contribution in [3.05, 3.63) is 0 Å². The maximum absolute atomic E-state index is 12.1. The molecule has 8 heteroatoms. The Kier molecular flexibility index (Phi) is 8.81. The van der Waals surface area contributed by atoms with Crippen LogP contribution in [0.4, 0.5) is 0 Å². The fraction of sp³-hybridized carbons (Fsp3) is 0.750. The molecule has 2 atom stereocenters. The van der Waals surface area contributed by atoms with Gasteiger partial charge in [-0.3, -0.25) is 19.2 Å². The Morgan fingerprint density at radius 2 is 1.25 bits per heavy atom. The van der Waals surface area contributed by atoms with Crippen molar-refractivity contribution >= 4 is 23.8 Å². The van der Waals surface area contributed by atoms with Gasteiger partial charge in [-0.15, -0.1) is 0 Å². The summed E-state index contributed by atoms with van der Waals surface area (Å²) < 4.78 is 9.02. The molecule has 0 aromatic heterocycles. The van der Waals surface area contributed by atoms with Gasteiger partial charge in [0.1, 0.15) is 0 Å². The number of nitrogens with one attached hydrogen (secondary N) is 2. The van der Waals surface area contributed by atoms with Crippen molar-refractivity contribution < 1.29 is 28.7 Å². The number of rotatable bonds is 8. The Hall–Kier alpha value is -2.12. The lowest BCUT2D eigenvalue weighted by Crippen LogP contribution is -2.39. The average Bonchev–Trinajstić information content (AvgIpc) is 2.61. The van der Waals surface area contributed by atoms with Gasteiger partial charge < -0.3 is 20.1 Å². The van der Waals surface area contributed by atoms with E-state index in [1.54, 1.807) is 0 Å². The second-order valence-electron chi connectivity index (χ2n) is 5.79. The van der Waals surface area contributed by atoms with Crippen LogP contribution in [-0.2, 0) is 28.7 Å². The molecule has 8 nitrogen and oxygen atoms in total. The zero-order chi connectivity index (χ0) is 17.9. The van der Waals surface area contributed by atoms with E-state index >= 15 is 0 Å². The average molecular weight is 342 g/mol. The minimum atomic E-state index is -0.373. The molecule has 1 aliphatic carbocycles. The van der Waals surface area contributed by atoms with E-state index in [4.69, 9.17) is 0 Å². The van der Waals surface area contributed by atoms with Crippen LogP contribution in [0, 0.1) is 11.8 Å². The minimum absolute atomic E-state index is 0.131. The molecule has 0 aromatic rings. The molecule has 2 N–H and O–H groups in total. The van der Waals surface area contributed by atoms with Gasteiger partial charge in [0.25, 0.3) is 0 Å². The number of carbonyl (C=O) groups excluding carboxylic acids is 4. The quantitative estimate of drug-likeness (QED) is 0.608. The topological polar surface area (TPSA) is 111 Å². The Balaban J connectivity index is 2.34.